The molecule has 110 valence electrons. The van der Waals surface area contributed by atoms with Crippen LogP contribution in [0.4, 0.5) is 11.6 Å². The number of hydrogen-bond donors (Lipinski definition) is 2. The molecule has 0 aromatic carbocycles. The lowest BCUT2D eigenvalue weighted by molar-refractivity contribution is 0.102. The first-order valence-corrected chi connectivity index (χ1v) is 6.56. The molecule has 1 amide bonds. The summed E-state index contributed by atoms with van der Waals surface area (Å²) in [4.78, 5) is 28.1. The van der Waals surface area contributed by atoms with Crippen LogP contribution in [0.25, 0.3) is 5.82 Å². The van der Waals surface area contributed by atoms with Crippen LogP contribution < -0.4 is 11.1 Å². The summed E-state index contributed by atoms with van der Waals surface area (Å²) < 4.78 is 1.71. The number of hydrogen-bond acceptors (Lipinski definition) is 6. The Morgan fingerprint density at radius 3 is 2.95 bits per heavy atom. The molecule has 0 saturated heterocycles. The SMILES string of the molecule is Nc1ncc(Cl)nc1C(=O)Nc1cccc(-n2ccnc2)n1. The van der Waals surface area contributed by atoms with Gasteiger partial charge < -0.3 is 11.1 Å². The van der Waals surface area contributed by atoms with Gasteiger partial charge in [-0.05, 0) is 12.1 Å². The Labute approximate surface area is 130 Å². The van der Waals surface area contributed by atoms with Crippen molar-refractivity contribution in [1.82, 2.24) is 24.5 Å². The van der Waals surface area contributed by atoms with E-state index in [2.05, 4.69) is 25.3 Å². The Hall–Kier alpha value is -3.00. The van der Waals surface area contributed by atoms with Crippen LogP contribution in [0.2, 0.25) is 5.15 Å². The van der Waals surface area contributed by atoms with E-state index in [0.29, 0.717) is 11.6 Å². The van der Waals surface area contributed by atoms with Crippen LogP contribution in [0.5, 0.6) is 0 Å². The number of carbonyl (C=O) groups is 1. The number of aromatic nitrogens is 5. The Bertz CT molecular complexity index is 819. The van der Waals surface area contributed by atoms with Crippen molar-refractivity contribution in [2.75, 3.05) is 11.1 Å². The quantitative estimate of drug-likeness (QED) is 0.758. The zero-order valence-electron chi connectivity index (χ0n) is 11.1. The van der Waals surface area contributed by atoms with E-state index in [-0.39, 0.29) is 16.7 Å². The lowest BCUT2D eigenvalue weighted by Crippen LogP contribution is -2.18. The predicted molar refractivity (Wildman–Crippen MR) is 80.8 cm³/mol. The van der Waals surface area contributed by atoms with Crippen LogP contribution in [-0.2, 0) is 0 Å². The molecule has 3 N–H and O–H groups in total. The van der Waals surface area contributed by atoms with Crippen molar-refractivity contribution in [3.63, 3.8) is 0 Å². The normalized spacial score (nSPS) is 10.4. The highest BCUT2D eigenvalue weighted by Crippen LogP contribution is 2.13. The van der Waals surface area contributed by atoms with Gasteiger partial charge >= 0.3 is 0 Å². The Morgan fingerprint density at radius 1 is 1.32 bits per heavy atom. The number of nitrogens with two attached hydrogens (primary N) is 1. The summed E-state index contributed by atoms with van der Waals surface area (Å²) in [5.74, 6) is 0.410. The molecule has 0 fully saturated rings. The molecule has 8 nitrogen and oxygen atoms in total. The molecule has 3 aromatic heterocycles. The molecule has 3 aromatic rings. The maximum atomic E-state index is 12.2. The lowest BCUT2D eigenvalue weighted by Gasteiger charge is -2.07. The number of imidazole rings is 1. The second-order valence-electron chi connectivity index (χ2n) is 4.23. The summed E-state index contributed by atoms with van der Waals surface area (Å²) in [6.45, 7) is 0. The molecule has 22 heavy (non-hydrogen) atoms. The minimum absolute atomic E-state index is 0.00679. The molecule has 0 bridgehead atoms. The van der Waals surface area contributed by atoms with Crippen molar-refractivity contribution in [3.8, 4) is 5.82 Å². The summed E-state index contributed by atoms with van der Waals surface area (Å²) >= 11 is 5.72. The fraction of sp³-hybridized carbons (Fsp3) is 0. The van der Waals surface area contributed by atoms with Crippen molar-refractivity contribution in [1.29, 1.82) is 0 Å². The lowest BCUT2D eigenvalue weighted by atomic mass is 10.3. The van der Waals surface area contributed by atoms with Crippen LogP contribution in [0.1, 0.15) is 10.5 Å². The number of nitrogen functional groups attached to an aromatic ring is 1. The second kappa shape index (κ2) is 5.78. The maximum absolute atomic E-state index is 12.2. The van der Waals surface area contributed by atoms with Gasteiger partial charge in [-0.15, -0.1) is 0 Å². The van der Waals surface area contributed by atoms with E-state index < -0.39 is 5.91 Å². The third-order valence-electron chi connectivity index (χ3n) is 2.73. The van der Waals surface area contributed by atoms with Crippen molar-refractivity contribution in [2.24, 2.45) is 0 Å². The van der Waals surface area contributed by atoms with Gasteiger partial charge in [0.25, 0.3) is 5.91 Å². The van der Waals surface area contributed by atoms with Crippen LogP contribution >= 0.6 is 11.6 Å². The molecule has 0 aliphatic carbocycles. The van der Waals surface area contributed by atoms with Crippen LogP contribution in [0, 0.1) is 0 Å². The molecule has 3 heterocycles. The Kier molecular flexibility index (Phi) is 3.67. The van der Waals surface area contributed by atoms with Crippen molar-refractivity contribution in [3.05, 3.63) is 54.0 Å². The molecule has 0 spiro atoms. The molecule has 9 heteroatoms. The number of halogens is 1. The number of amides is 1. The van der Waals surface area contributed by atoms with Gasteiger partial charge in [0.05, 0.1) is 6.20 Å². The number of rotatable bonds is 3. The van der Waals surface area contributed by atoms with Gasteiger partial charge in [-0.25, -0.2) is 19.9 Å². The molecule has 3 rings (SSSR count). The summed E-state index contributed by atoms with van der Waals surface area (Å²) in [6, 6.07) is 5.18. The highest BCUT2D eigenvalue weighted by atomic mass is 35.5. The van der Waals surface area contributed by atoms with Crippen LogP contribution in [0.3, 0.4) is 0 Å². The average molecular weight is 316 g/mol. The number of nitrogens with zero attached hydrogens (tertiary/aromatic N) is 5. The van der Waals surface area contributed by atoms with E-state index in [9.17, 15) is 4.79 Å². The van der Waals surface area contributed by atoms with E-state index >= 15 is 0 Å². The Morgan fingerprint density at radius 2 is 2.18 bits per heavy atom. The van der Waals surface area contributed by atoms with E-state index in [1.807, 2.05) is 0 Å². The number of nitrogens with one attached hydrogen (secondary N) is 1. The monoisotopic (exact) mass is 315 g/mol. The third kappa shape index (κ3) is 2.86. The minimum Gasteiger partial charge on any atom is -0.382 e. The van der Waals surface area contributed by atoms with Crippen molar-refractivity contribution in [2.45, 2.75) is 0 Å². The van der Waals surface area contributed by atoms with Gasteiger partial charge in [-0.1, -0.05) is 17.7 Å². The number of anilines is 2. The molecule has 0 aliphatic rings. The molecule has 0 atom stereocenters. The van der Waals surface area contributed by atoms with Gasteiger partial charge in [0.2, 0.25) is 0 Å². The highest BCUT2D eigenvalue weighted by molar-refractivity contribution is 6.29. The molecule has 0 saturated carbocycles. The fourth-order valence-corrected chi connectivity index (χ4v) is 1.88. The zero-order valence-corrected chi connectivity index (χ0v) is 11.9. The summed E-state index contributed by atoms with van der Waals surface area (Å²) in [6.07, 6.45) is 6.25. The molecular formula is C13H10ClN7O. The predicted octanol–water partition coefficient (Wildman–Crippen LogP) is 1.55. The van der Waals surface area contributed by atoms with E-state index in [4.69, 9.17) is 17.3 Å². The highest BCUT2D eigenvalue weighted by Gasteiger charge is 2.14. The molecule has 0 unspecified atom stereocenters. The largest absolute Gasteiger partial charge is 0.382 e. The standard InChI is InChI=1S/C13H10ClN7O/c14-8-6-17-12(15)11(18-8)13(22)20-9-2-1-3-10(19-9)21-5-4-16-7-21/h1-7H,(H2,15,17)(H,19,20,22). The second-order valence-corrected chi connectivity index (χ2v) is 4.62. The number of pyridine rings is 1. The van der Waals surface area contributed by atoms with Gasteiger partial charge in [0.15, 0.2) is 11.5 Å². The summed E-state index contributed by atoms with van der Waals surface area (Å²) in [7, 11) is 0. The van der Waals surface area contributed by atoms with Gasteiger partial charge in [0.1, 0.15) is 23.1 Å². The van der Waals surface area contributed by atoms with Gasteiger partial charge in [0, 0.05) is 12.4 Å². The average Bonchev–Trinajstić information content (AvgIpc) is 3.04. The fourth-order valence-electron chi connectivity index (χ4n) is 1.75. The maximum Gasteiger partial charge on any atom is 0.279 e. The first-order valence-electron chi connectivity index (χ1n) is 6.18. The van der Waals surface area contributed by atoms with Crippen LogP contribution in [0.15, 0.2) is 43.1 Å². The van der Waals surface area contributed by atoms with Gasteiger partial charge in [-0.3, -0.25) is 9.36 Å². The van der Waals surface area contributed by atoms with Crippen molar-refractivity contribution >= 4 is 29.1 Å². The van der Waals surface area contributed by atoms with E-state index in [1.165, 1.54) is 6.20 Å². The summed E-state index contributed by atoms with van der Waals surface area (Å²) in [5.41, 5.74) is 5.57. The first kappa shape index (κ1) is 14.0. The Balaban J connectivity index is 1.85. The third-order valence-corrected chi connectivity index (χ3v) is 2.91. The summed E-state index contributed by atoms with van der Waals surface area (Å²) in [5, 5.41) is 2.69. The molecule has 0 radical (unpaired) electrons. The van der Waals surface area contributed by atoms with E-state index in [1.54, 1.807) is 41.5 Å². The van der Waals surface area contributed by atoms with E-state index in [0.717, 1.165) is 0 Å². The van der Waals surface area contributed by atoms with Gasteiger partial charge in [-0.2, -0.15) is 0 Å². The molecule has 0 aliphatic heterocycles. The zero-order chi connectivity index (χ0) is 15.5. The minimum atomic E-state index is -0.539. The topological polar surface area (TPSA) is 112 Å². The number of carbonyl (C=O) groups excluding carboxylic acids is 1. The van der Waals surface area contributed by atoms with Crippen molar-refractivity contribution < 1.29 is 4.79 Å². The molecular weight excluding hydrogens is 306 g/mol. The smallest absolute Gasteiger partial charge is 0.279 e. The first-order chi connectivity index (χ1) is 10.6. The van der Waals surface area contributed by atoms with Crippen LogP contribution in [-0.4, -0.2) is 30.4 Å².